The van der Waals surface area contributed by atoms with Crippen LogP contribution in [0.1, 0.15) is 5.56 Å². The van der Waals surface area contributed by atoms with Crippen LogP contribution < -0.4 is 5.32 Å². The minimum Gasteiger partial charge on any atom is -0.390 e. The van der Waals surface area contributed by atoms with E-state index in [1.54, 1.807) is 18.2 Å². The number of hydrogen-bond acceptors (Lipinski definition) is 2. The molecule has 0 saturated carbocycles. The van der Waals surface area contributed by atoms with Crippen molar-refractivity contribution in [2.24, 2.45) is 0 Å². The van der Waals surface area contributed by atoms with Gasteiger partial charge in [-0.1, -0.05) is 17.7 Å². The Morgan fingerprint density at radius 3 is 2.69 bits per heavy atom. The molecule has 0 atom stereocenters. The fraction of sp³-hybridized carbons (Fsp3) is 0.400. The summed E-state index contributed by atoms with van der Waals surface area (Å²) in [5.74, 6) is -3.08. The molecule has 0 radical (unpaired) electrons. The molecule has 0 unspecified atom stereocenters. The highest BCUT2D eigenvalue weighted by Crippen LogP contribution is 2.23. The van der Waals surface area contributed by atoms with Gasteiger partial charge in [0.05, 0.1) is 11.6 Å². The van der Waals surface area contributed by atoms with Crippen molar-refractivity contribution in [2.45, 2.75) is 12.5 Å². The first-order chi connectivity index (χ1) is 7.44. The smallest absolute Gasteiger partial charge is 0.282 e. The van der Waals surface area contributed by atoms with Gasteiger partial charge < -0.3 is 10.4 Å². The molecule has 0 aliphatic rings. The van der Waals surface area contributed by atoms with Crippen LogP contribution in [0.4, 0.5) is 8.78 Å². The molecule has 0 bridgehead atoms. The van der Waals surface area contributed by atoms with Crippen LogP contribution in [-0.4, -0.2) is 24.2 Å². The molecule has 2 N–H and O–H groups in total. The molecule has 0 heterocycles. The van der Waals surface area contributed by atoms with Crippen LogP contribution >= 0.6 is 27.5 Å². The second-order valence-corrected chi connectivity index (χ2v) is 4.63. The van der Waals surface area contributed by atoms with Gasteiger partial charge in [-0.3, -0.25) is 0 Å². The van der Waals surface area contributed by atoms with Crippen molar-refractivity contribution >= 4 is 27.5 Å². The summed E-state index contributed by atoms with van der Waals surface area (Å²) in [6.45, 7) is -1.43. The van der Waals surface area contributed by atoms with E-state index in [9.17, 15) is 8.78 Å². The Balaban J connectivity index is 2.46. The Hall–Kier alpha value is -0.230. The van der Waals surface area contributed by atoms with Crippen molar-refractivity contribution < 1.29 is 13.9 Å². The van der Waals surface area contributed by atoms with E-state index in [4.69, 9.17) is 16.7 Å². The lowest BCUT2D eigenvalue weighted by Crippen LogP contribution is -2.35. The largest absolute Gasteiger partial charge is 0.390 e. The molecule has 90 valence electrons. The van der Waals surface area contributed by atoms with Gasteiger partial charge in [0, 0.05) is 11.0 Å². The minimum atomic E-state index is -3.08. The van der Waals surface area contributed by atoms with Crippen molar-refractivity contribution in [1.82, 2.24) is 5.32 Å². The third kappa shape index (κ3) is 4.33. The molecule has 1 aromatic carbocycles. The molecule has 16 heavy (non-hydrogen) atoms. The van der Waals surface area contributed by atoms with E-state index in [0.717, 1.165) is 10.0 Å². The Bertz CT molecular complexity index is 363. The summed E-state index contributed by atoms with van der Waals surface area (Å²) in [5.41, 5.74) is 0.807. The molecular formula is C10H11BrClF2NO. The van der Waals surface area contributed by atoms with E-state index in [-0.39, 0.29) is 6.54 Å². The average molecular weight is 315 g/mol. The van der Waals surface area contributed by atoms with Gasteiger partial charge in [-0.15, -0.1) is 0 Å². The van der Waals surface area contributed by atoms with E-state index in [1.165, 1.54) is 0 Å². The van der Waals surface area contributed by atoms with Crippen LogP contribution in [-0.2, 0) is 6.54 Å². The maximum absolute atomic E-state index is 12.7. The van der Waals surface area contributed by atoms with E-state index < -0.39 is 19.1 Å². The summed E-state index contributed by atoms with van der Waals surface area (Å²) in [7, 11) is 0. The minimum absolute atomic E-state index is 0.280. The summed E-state index contributed by atoms with van der Waals surface area (Å²) < 4.78 is 26.1. The monoisotopic (exact) mass is 313 g/mol. The number of rotatable bonds is 5. The van der Waals surface area contributed by atoms with Crippen molar-refractivity contribution in [1.29, 1.82) is 0 Å². The molecule has 1 aromatic rings. The van der Waals surface area contributed by atoms with E-state index >= 15 is 0 Å². The first-order valence-electron chi connectivity index (χ1n) is 4.58. The second-order valence-electron chi connectivity index (χ2n) is 3.37. The lowest BCUT2D eigenvalue weighted by Gasteiger charge is -2.14. The molecule has 0 fully saturated rings. The van der Waals surface area contributed by atoms with Gasteiger partial charge in [-0.25, -0.2) is 8.78 Å². The maximum Gasteiger partial charge on any atom is 0.282 e. The quantitative estimate of drug-likeness (QED) is 0.876. The van der Waals surface area contributed by atoms with Gasteiger partial charge in [-0.2, -0.15) is 0 Å². The van der Waals surface area contributed by atoms with Gasteiger partial charge >= 0.3 is 0 Å². The highest BCUT2D eigenvalue weighted by atomic mass is 79.9. The van der Waals surface area contributed by atoms with Crippen molar-refractivity contribution in [3.63, 3.8) is 0 Å². The van der Waals surface area contributed by atoms with Crippen LogP contribution in [0.5, 0.6) is 0 Å². The normalized spacial score (nSPS) is 11.8. The standard InChI is InChI=1S/C10H11BrClF2NO/c11-8-2-1-7(3-9(8)12)4-15-5-10(13,14)6-16/h1-3,15-16H,4-6H2. The Morgan fingerprint density at radius 1 is 1.44 bits per heavy atom. The molecule has 0 aliphatic heterocycles. The zero-order valence-electron chi connectivity index (χ0n) is 8.31. The van der Waals surface area contributed by atoms with Gasteiger partial charge in [0.1, 0.15) is 6.61 Å². The number of halogens is 4. The fourth-order valence-corrected chi connectivity index (χ4v) is 1.54. The van der Waals surface area contributed by atoms with Crippen molar-refractivity contribution in [3.8, 4) is 0 Å². The Kier molecular flexibility index (Phi) is 5.11. The zero-order chi connectivity index (χ0) is 12.2. The molecule has 0 saturated heterocycles. The van der Waals surface area contributed by atoms with Gasteiger partial charge in [-0.05, 0) is 33.6 Å². The van der Waals surface area contributed by atoms with E-state index in [2.05, 4.69) is 21.2 Å². The van der Waals surface area contributed by atoms with Crippen LogP contribution in [0.2, 0.25) is 5.02 Å². The molecule has 2 nitrogen and oxygen atoms in total. The lowest BCUT2D eigenvalue weighted by atomic mass is 10.2. The van der Waals surface area contributed by atoms with Crippen LogP contribution in [0.3, 0.4) is 0 Å². The summed E-state index contributed by atoms with van der Waals surface area (Å²) in [6.07, 6.45) is 0. The zero-order valence-corrected chi connectivity index (χ0v) is 10.7. The first-order valence-corrected chi connectivity index (χ1v) is 5.75. The van der Waals surface area contributed by atoms with Gasteiger partial charge in [0.2, 0.25) is 0 Å². The van der Waals surface area contributed by atoms with Crippen LogP contribution in [0.15, 0.2) is 22.7 Å². The van der Waals surface area contributed by atoms with Crippen LogP contribution in [0.25, 0.3) is 0 Å². The number of hydrogen-bond donors (Lipinski definition) is 2. The van der Waals surface area contributed by atoms with Gasteiger partial charge in [0.25, 0.3) is 5.92 Å². The molecular weight excluding hydrogens is 303 g/mol. The third-order valence-corrected chi connectivity index (χ3v) is 3.16. The SMILES string of the molecule is OCC(F)(F)CNCc1ccc(Br)c(Cl)c1. The lowest BCUT2D eigenvalue weighted by molar-refractivity contribution is -0.0477. The highest BCUT2D eigenvalue weighted by Gasteiger charge is 2.26. The fourth-order valence-electron chi connectivity index (χ4n) is 1.10. The molecule has 0 aliphatic carbocycles. The predicted octanol–water partition coefficient (Wildman–Crippen LogP) is 2.82. The molecule has 0 aromatic heterocycles. The van der Waals surface area contributed by atoms with Crippen molar-refractivity contribution in [2.75, 3.05) is 13.2 Å². The van der Waals surface area contributed by atoms with Crippen LogP contribution in [0, 0.1) is 0 Å². The summed E-state index contributed by atoms with van der Waals surface area (Å²) in [5, 5.41) is 11.4. The summed E-state index contributed by atoms with van der Waals surface area (Å²) >= 11 is 9.08. The predicted molar refractivity (Wildman–Crippen MR) is 62.9 cm³/mol. The average Bonchev–Trinajstić information content (AvgIpc) is 2.23. The topological polar surface area (TPSA) is 32.3 Å². The van der Waals surface area contributed by atoms with Crippen molar-refractivity contribution in [3.05, 3.63) is 33.3 Å². The number of nitrogens with one attached hydrogen (secondary N) is 1. The Morgan fingerprint density at radius 2 is 2.12 bits per heavy atom. The third-order valence-electron chi connectivity index (χ3n) is 1.93. The maximum atomic E-state index is 12.7. The Labute approximate surface area is 106 Å². The van der Waals surface area contributed by atoms with E-state index in [0.29, 0.717) is 5.02 Å². The number of benzene rings is 1. The number of aliphatic hydroxyl groups is 1. The summed E-state index contributed by atoms with van der Waals surface area (Å²) in [4.78, 5) is 0. The molecule has 6 heteroatoms. The summed E-state index contributed by atoms with van der Waals surface area (Å²) in [6, 6.07) is 5.22. The van der Waals surface area contributed by atoms with E-state index in [1.807, 2.05) is 0 Å². The molecule has 0 spiro atoms. The number of aliphatic hydroxyl groups excluding tert-OH is 1. The molecule has 1 rings (SSSR count). The number of alkyl halides is 2. The highest BCUT2D eigenvalue weighted by molar-refractivity contribution is 9.10. The second kappa shape index (κ2) is 5.91. The molecule has 0 amide bonds. The van der Waals surface area contributed by atoms with Gasteiger partial charge in [0.15, 0.2) is 0 Å². The first kappa shape index (κ1) is 13.8.